The van der Waals surface area contributed by atoms with E-state index in [1.807, 2.05) is 24.6 Å². The average Bonchev–Trinajstić information content (AvgIpc) is 3.01. The highest BCUT2D eigenvalue weighted by Crippen LogP contribution is 2.30. The Labute approximate surface area is 128 Å². The first-order valence-electron chi connectivity index (χ1n) is 7.10. The molecule has 2 N–H and O–H groups in total. The highest BCUT2D eigenvalue weighted by Gasteiger charge is 2.23. The Hall–Kier alpha value is -1.66. The molecule has 0 radical (unpaired) electrons. The van der Waals surface area contributed by atoms with Crippen LogP contribution in [0.5, 0.6) is 0 Å². The number of piperazine rings is 1. The van der Waals surface area contributed by atoms with Crippen molar-refractivity contribution >= 4 is 22.2 Å². The second-order valence-electron chi connectivity index (χ2n) is 5.26. The quantitative estimate of drug-likeness (QED) is 0.947. The van der Waals surface area contributed by atoms with Crippen LogP contribution in [-0.2, 0) is 0 Å². The molecule has 2 aromatic rings. The van der Waals surface area contributed by atoms with Crippen LogP contribution in [0.15, 0.2) is 29.8 Å². The monoisotopic (exact) mass is 306 g/mol. The van der Waals surface area contributed by atoms with Gasteiger partial charge < -0.3 is 15.5 Å². The molecule has 21 heavy (non-hydrogen) atoms. The van der Waals surface area contributed by atoms with Gasteiger partial charge in [0, 0.05) is 43.8 Å². The first-order valence-corrected chi connectivity index (χ1v) is 7.98. The Morgan fingerprint density at radius 2 is 1.95 bits per heavy atom. The zero-order valence-corrected chi connectivity index (χ0v) is 12.8. The van der Waals surface area contributed by atoms with Crippen LogP contribution in [0.4, 0.5) is 15.2 Å². The number of nitrogens with zero attached hydrogens (tertiary/aromatic N) is 3. The highest BCUT2D eigenvalue weighted by atomic mass is 32.1. The second kappa shape index (κ2) is 5.99. The van der Waals surface area contributed by atoms with Gasteiger partial charge in [0.05, 0.1) is 5.69 Å². The lowest BCUT2D eigenvalue weighted by Crippen LogP contribution is -2.47. The van der Waals surface area contributed by atoms with Gasteiger partial charge in [-0.25, -0.2) is 9.37 Å². The SMILES string of the molecule is C[C@H](N)c1cccc(F)c1N1CCN(c2nccs2)CC1. The minimum Gasteiger partial charge on any atom is -0.365 e. The van der Waals surface area contributed by atoms with E-state index in [0.29, 0.717) is 5.69 Å². The molecule has 1 atom stereocenters. The van der Waals surface area contributed by atoms with E-state index in [4.69, 9.17) is 5.73 Å². The number of hydrogen-bond donors (Lipinski definition) is 1. The van der Waals surface area contributed by atoms with Gasteiger partial charge in [-0.1, -0.05) is 12.1 Å². The van der Waals surface area contributed by atoms with Crippen LogP contribution in [0, 0.1) is 5.82 Å². The van der Waals surface area contributed by atoms with E-state index >= 15 is 0 Å². The van der Waals surface area contributed by atoms with Gasteiger partial charge in [0.2, 0.25) is 0 Å². The fourth-order valence-electron chi connectivity index (χ4n) is 2.73. The molecule has 1 aliphatic heterocycles. The van der Waals surface area contributed by atoms with E-state index in [-0.39, 0.29) is 11.9 Å². The molecule has 1 aromatic carbocycles. The molecule has 0 spiro atoms. The third-order valence-electron chi connectivity index (χ3n) is 3.79. The molecule has 0 saturated carbocycles. The van der Waals surface area contributed by atoms with E-state index in [9.17, 15) is 4.39 Å². The molecule has 0 bridgehead atoms. The van der Waals surface area contributed by atoms with Crippen LogP contribution in [0.25, 0.3) is 0 Å². The molecule has 0 unspecified atom stereocenters. The number of halogens is 1. The normalized spacial score (nSPS) is 17.1. The fourth-order valence-corrected chi connectivity index (χ4v) is 3.42. The standard InChI is InChI=1S/C15H19FN4S/c1-11(17)12-3-2-4-13(16)14(12)19-6-8-20(9-7-19)15-18-5-10-21-15/h2-5,10-11H,6-9,17H2,1H3/t11-/m0/s1. The number of aromatic nitrogens is 1. The average molecular weight is 306 g/mol. The Balaban J connectivity index is 1.78. The van der Waals surface area contributed by atoms with Crippen molar-refractivity contribution < 1.29 is 4.39 Å². The molecule has 4 nitrogen and oxygen atoms in total. The summed E-state index contributed by atoms with van der Waals surface area (Å²) in [4.78, 5) is 8.67. The largest absolute Gasteiger partial charge is 0.365 e. The van der Waals surface area contributed by atoms with Gasteiger partial charge in [-0.15, -0.1) is 11.3 Å². The van der Waals surface area contributed by atoms with Crippen molar-refractivity contribution in [3.8, 4) is 0 Å². The molecular formula is C15H19FN4S. The summed E-state index contributed by atoms with van der Waals surface area (Å²) in [6.45, 7) is 5.14. The van der Waals surface area contributed by atoms with Gasteiger partial charge in [0.15, 0.2) is 5.13 Å². The highest BCUT2D eigenvalue weighted by molar-refractivity contribution is 7.13. The smallest absolute Gasteiger partial charge is 0.185 e. The van der Waals surface area contributed by atoms with Crippen LogP contribution in [0.1, 0.15) is 18.5 Å². The van der Waals surface area contributed by atoms with Crippen LogP contribution < -0.4 is 15.5 Å². The number of hydrogen-bond acceptors (Lipinski definition) is 5. The third-order valence-corrected chi connectivity index (χ3v) is 4.63. The van der Waals surface area contributed by atoms with Gasteiger partial charge in [0.1, 0.15) is 5.82 Å². The molecule has 6 heteroatoms. The van der Waals surface area contributed by atoms with E-state index in [0.717, 1.165) is 36.9 Å². The number of thiazole rings is 1. The predicted octanol–water partition coefficient (Wildman–Crippen LogP) is 2.63. The number of rotatable bonds is 3. The van der Waals surface area contributed by atoms with Crippen LogP contribution in [0.2, 0.25) is 0 Å². The number of benzene rings is 1. The first-order chi connectivity index (χ1) is 10.2. The van der Waals surface area contributed by atoms with Crippen molar-refractivity contribution in [1.82, 2.24) is 4.98 Å². The Kier molecular flexibility index (Phi) is 4.07. The molecule has 1 aliphatic rings. The summed E-state index contributed by atoms with van der Waals surface area (Å²) in [5.41, 5.74) is 7.51. The van der Waals surface area contributed by atoms with Crippen molar-refractivity contribution in [2.24, 2.45) is 5.73 Å². The van der Waals surface area contributed by atoms with E-state index in [1.54, 1.807) is 17.4 Å². The number of para-hydroxylation sites is 1. The van der Waals surface area contributed by atoms with Gasteiger partial charge >= 0.3 is 0 Å². The minimum absolute atomic E-state index is 0.173. The number of nitrogens with two attached hydrogens (primary N) is 1. The zero-order valence-electron chi connectivity index (χ0n) is 12.0. The Bertz CT molecular complexity index is 592. The maximum absolute atomic E-state index is 14.2. The van der Waals surface area contributed by atoms with E-state index < -0.39 is 0 Å². The summed E-state index contributed by atoms with van der Waals surface area (Å²) in [6, 6.07) is 4.97. The van der Waals surface area contributed by atoms with Crippen molar-refractivity contribution in [3.63, 3.8) is 0 Å². The Morgan fingerprint density at radius 1 is 1.24 bits per heavy atom. The first kappa shape index (κ1) is 14.3. The van der Waals surface area contributed by atoms with Crippen LogP contribution in [0.3, 0.4) is 0 Å². The van der Waals surface area contributed by atoms with Crippen LogP contribution >= 0.6 is 11.3 Å². The van der Waals surface area contributed by atoms with Crippen molar-refractivity contribution in [2.75, 3.05) is 36.0 Å². The second-order valence-corrected chi connectivity index (χ2v) is 6.13. The number of anilines is 2. The molecule has 3 rings (SSSR count). The van der Waals surface area contributed by atoms with Gasteiger partial charge in [0.25, 0.3) is 0 Å². The predicted molar refractivity (Wildman–Crippen MR) is 85.5 cm³/mol. The lowest BCUT2D eigenvalue weighted by Gasteiger charge is -2.37. The molecule has 2 heterocycles. The Morgan fingerprint density at radius 3 is 2.57 bits per heavy atom. The topological polar surface area (TPSA) is 45.4 Å². The lowest BCUT2D eigenvalue weighted by molar-refractivity contribution is 0.590. The molecule has 112 valence electrons. The lowest BCUT2D eigenvalue weighted by atomic mass is 10.0. The summed E-state index contributed by atoms with van der Waals surface area (Å²) < 4.78 is 14.2. The summed E-state index contributed by atoms with van der Waals surface area (Å²) in [5, 5.41) is 3.02. The maximum atomic E-state index is 14.2. The zero-order chi connectivity index (χ0) is 14.8. The van der Waals surface area contributed by atoms with Gasteiger partial charge in [-0.05, 0) is 18.6 Å². The van der Waals surface area contributed by atoms with E-state index in [2.05, 4.69) is 14.8 Å². The summed E-state index contributed by atoms with van der Waals surface area (Å²) in [6.07, 6.45) is 1.82. The molecule has 0 aliphatic carbocycles. The molecule has 0 amide bonds. The molecule has 1 fully saturated rings. The summed E-state index contributed by atoms with van der Waals surface area (Å²) in [7, 11) is 0. The molecule has 1 saturated heterocycles. The fraction of sp³-hybridized carbons (Fsp3) is 0.400. The summed E-state index contributed by atoms with van der Waals surface area (Å²) in [5.74, 6) is -0.188. The van der Waals surface area contributed by atoms with Crippen molar-refractivity contribution in [2.45, 2.75) is 13.0 Å². The summed E-state index contributed by atoms with van der Waals surface area (Å²) >= 11 is 1.64. The third kappa shape index (κ3) is 2.87. The van der Waals surface area contributed by atoms with Crippen LogP contribution in [-0.4, -0.2) is 31.2 Å². The van der Waals surface area contributed by atoms with Gasteiger partial charge in [-0.3, -0.25) is 0 Å². The minimum atomic E-state index is -0.188. The van der Waals surface area contributed by atoms with E-state index in [1.165, 1.54) is 6.07 Å². The molecular weight excluding hydrogens is 287 g/mol. The van der Waals surface area contributed by atoms with Crippen molar-refractivity contribution in [3.05, 3.63) is 41.2 Å². The maximum Gasteiger partial charge on any atom is 0.185 e. The van der Waals surface area contributed by atoms with Gasteiger partial charge in [-0.2, -0.15) is 0 Å². The molecule has 1 aromatic heterocycles. The van der Waals surface area contributed by atoms with Crippen molar-refractivity contribution in [1.29, 1.82) is 0 Å².